The number of hydrazone groups is 1. The molecule has 2 heterocycles. The van der Waals surface area contributed by atoms with E-state index >= 15 is 0 Å². The summed E-state index contributed by atoms with van der Waals surface area (Å²) in [5.41, 5.74) is 7.09. The molecule has 0 aliphatic heterocycles. The highest BCUT2D eigenvalue weighted by Gasteiger charge is 2.04. The quantitative estimate of drug-likeness (QED) is 0.404. The van der Waals surface area contributed by atoms with Crippen LogP contribution >= 0.6 is 11.3 Å². The summed E-state index contributed by atoms with van der Waals surface area (Å²) < 4.78 is 5.18. The maximum absolute atomic E-state index is 5.18. The first-order valence-corrected chi connectivity index (χ1v) is 8.66. The van der Waals surface area contributed by atoms with Crippen molar-refractivity contribution in [1.29, 1.82) is 0 Å². The molecule has 0 unspecified atom stereocenters. The third-order valence-corrected chi connectivity index (χ3v) is 4.62. The van der Waals surface area contributed by atoms with Gasteiger partial charge in [0.05, 0.1) is 19.0 Å². The van der Waals surface area contributed by atoms with Gasteiger partial charge in [-0.05, 0) is 30.3 Å². The van der Waals surface area contributed by atoms with Crippen LogP contribution in [-0.2, 0) is 0 Å². The Balaban J connectivity index is 1.47. The number of H-pyrrole nitrogens is 1. The molecule has 6 heteroatoms. The molecule has 2 aromatic carbocycles. The van der Waals surface area contributed by atoms with Gasteiger partial charge in [-0.3, -0.25) is 5.43 Å². The van der Waals surface area contributed by atoms with E-state index in [1.54, 1.807) is 13.3 Å². The maximum Gasteiger partial charge on any atom is 0.203 e. The Labute approximate surface area is 149 Å². The van der Waals surface area contributed by atoms with Crippen molar-refractivity contribution in [3.05, 3.63) is 65.7 Å². The van der Waals surface area contributed by atoms with Gasteiger partial charge >= 0.3 is 0 Å². The van der Waals surface area contributed by atoms with Gasteiger partial charge in [0.15, 0.2) is 0 Å². The number of methoxy groups -OCH3 is 1. The van der Waals surface area contributed by atoms with Gasteiger partial charge in [-0.25, -0.2) is 4.98 Å². The summed E-state index contributed by atoms with van der Waals surface area (Å²) >= 11 is 1.52. The fourth-order valence-electron chi connectivity index (χ4n) is 2.58. The number of nitrogens with zero attached hydrogens (tertiary/aromatic N) is 2. The molecule has 0 bridgehead atoms. The van der Waals surface area contributed by atoms with Crippen LogP contribution in [0.4, 0.5) is 5.13 Å². The van der Waals surface area contributed by atoms with E-state index in [1.165, 1.54) is 11.3 Å². The predicted octanol–water partition coefficient (Wildman–Crippen LogP) is 4.75. The molecule has 0 spiro atoms. The van der Waals surface area contributed by atoms with E-state index in [0.29, 0.717) is 0 Å². The molecule has 25 heavy (non-hydrogen) atoms. The van der Waals surface area contributed by atoms with Gasteiger partial charge in [0.25, 0.3) is 0 Å². The summed E-state index contributed by atoms with van der Waals surface area (Å²) in [7, 11) is 1.66. The number of benzene rings is 2. The van der Waals surface area contributed by atoms with Crippen LogP contribution in [0.2, 0.25) is 0 Å². The van der Waals surface area contributed by atoms with Crippen LogP contribution in [0, 0.1) is 0 Å². The Kier molecular flexibility index (Phi) is 4.18. The molecule has 0 radical (unpaired) electrons. The van der Waals surface area contributed by atoms with Crippen LogP contribution in [0.25, 0.3) is 22.2 Å². The van der Waals surface area contributed by atoms with Crippen LogP contribution in [0.15, 0.2) is 65.2 Å². The van der Waals surface area contributed by atoms with Crippen molar-refractivity contribution in [3.8, 4) is 17.0 Å². The number of aromatic nitrogens is 2. The van der Waals surface area contributed by atoms with Crippen LogP contribution in [-0.4, -0.2) is 23.3 Å². The van der Waals surface area contributed by atoms with E-state index < -0.39 is 0 Å². The molecule has 2 N–H and O–H groups in total. The second-order valence-corrected chi connectivity index (χ2v) is 6.28. The van der Waals surface area contributed by atoms with Gasteiger partial charge in [0, 0.05) is 33.6 Å². The number of thiazole rings is 1. The van der Waals surface area contributed by atoms with Crippen LogP contribution < -0.4 is 10.2 Å². The minimum absolute atomic E-state index is 0.752. The highest BCUT2D eigenvalue weighted by Crippen LogP contribution is 2.26. The summed E-state index contributed by atoms with van der Waals surface area (Å²) in [6.07, 6.45) is 3.74. The van der Waals surface area contributed by atoms with Crippen molar-refractivity contribution in [1.82, 2.24) is 9.97 Å². The topological polar surface area (TPSA) is 62.3 Å². The number of hydrogen-bond donors (Lipinski definition) is 2. The SMILES string of the molecule is COc1ccc(-c2csc(N/N=C\c3c[nH]c4ccccc34)n2)cc1. The smallest absolute Gasteiger partial charge is 0.203 e. The van der Waals surface area contributed by atoms with Crippen molar-refractivity contribution in [2.75, 3.05) is 12.5 Å². The van der Waals surface area contributed by atoms with Crippen molar-refractivity contribution in [2.24, 2.45) is 5.10 Å². The summed E-state index contributed by atoms with van der Waals surface area (Å²) in [6, 6.07) is 16.0. The number of para-hydroxylation sites is 1. The monoisotopic (exact) mass is 348 g/mol. The van der Waals surface area contributed by atoms with E-state index in [1.807, 2.05) is 54.0 Å². The Bertz CT molecular complexity index is 1020. The summed E-state index contributed by atoms with van der Waals surface area (Å²) in [5.74, 6) is 0.834. The number of fused-ring (bicyclic) bond motifs is 1. The normalized spacial score (nSPS) is 11.2. The first-order valence-electron chi connectivity index (χ1n) is 7.78. The molecular formula is C19H16N4OS. The molecule has 4 aromatic rings. The number of aromatic amines is 1. The summed E-state index contributed by atoms with van der Waals surface area (Å²) in [6.45, 7) is 0. The molecule has 0 fully saturated rings. The molecule has 0 aliphatic rings. The molecule has 0 aliphatic carbocycles. The lowest BCUT2D eigenvalue weighted by Gasteiger charge is -2.00. The zero-order valence-electron chi connectivity index (χ0n) is 13.6. The van der Waals surface area contributed by atoms with Crippen molar-refractivity contribution in [2.45, 2.75) is 0 Å². The average molecular weight is 348 g/mol. The Morgan fingerprint density at radius 1 is 1.16 bits per heavy atom. The van der Waals surface area contributed by atoms with E-state index in [0.717, 1.165) is 38.6 Å². The second kappa shape index (κ2) is 6.78. The van der Waals surface area contributed by atoms with E-state index in [4.69, 9.17) is 4.74 Å². The average Bonchev–Trinajstić information content (AvgIpc) is 3.30. The van der Waals surface area contributed by atoms with Gasteiger partial charge in [-0.1, -0.05) is 18.2 Å². The van der Waals surface area contributed by atoms with Crippen molar-refractivity contribution in [3.63, 3.8) is 0 Å². The van der Waals surface area contributed by atoms with Crippen LogP contribution in [0.3, 0.4) is 0 Å². The molecule has 0 atom stereocenters. The zero-order chi connectivity index (χ0) is 17.1. The van der Waals surface area contributed by atoms with Gasteiger partial charge in [0.1, 0.15) is 5.75 Å². The molecule has 0 saturated heterocycles. The number of nitrogens with one attached hydrogen (secondary N) is 2. The number of rotatable bonds is 5. The minimum atomic E-state index is 0.752. The first kappa shape index (κ1) is 15.4. The minimum Gasteiger partial charge on any atom is -0.497 e. The Morgan fingerprint density at radius 3 is 2.84 bits per heavy atom. The lowest BCUT2D eigenvalue weighted by atomic mass is 10.2. The Morgan fingerprint density at radius 2 is 2.00 bits per heavy atom. The third-order valence-electron chi connectivity index (χ3n) is 3.88. The van der Waals surface area contributed by atoms with Gasteiger partial charge in [-0.15, -0.1) is 11.3 Å². The zero-order valence-corrected chi connectivity index (χ0v) is 14.4. The van der Waals surface area contributed by atoms with Crippen molar-refractivity contribution < 1.29 is 4.74 Å². The molecule has 5 nitrogen and oxygen atoms in total. The molecule has 124 valence electrons. The predicted molar refractivity (Wildman–Crippen MR) is 104 cm³/mol. The maximum atomic E-state index is 5.18. The lowest BCUT2D eigenvalue weighted by Crippen LogP contribution is -1.89. The first-order chi connectivity index (χ1) is 12.3. The fraction of sp³-hybridized carbons (Fsp3) is 0.0526. The van der Waals surface area contributed by atoms with E-state index in [9.17, 15) is 0 Å². The van der Waals surface area contributed by atoms with Gasteiger partial charge < -0.3 is 9.72 Å². The fourth-order valence-corrected chi connectivity index (χ4v) is 3.25. The largest absolute Gasteiger partial charge is 0.497 e. The summed E-state index contributed by atoms with van der Waals surface area (Å²) in [4.78, 5) is 7.79. The van der Waals surface area contributed by atoms with E-state index in [2.05, 4.69) is 26.6 Å². The van der Waals surface area contributed by atoms with Gasteiger partial charge in [0.2, 0.25) is 5.13 Å². The Hall–Kier alpha value is -3.12. The standard InChI is InChI=1S/C19H16N4OS/c1-24-15-8-6-13(7-9-15)18-12-25-19(22-18)23-21-11-14-10-20-17-5-3-2-4-16(14)17/h2-12,20H,1H3,(H,22,23)/b21-11-. The van der Waals surface area contributed by atoms with Crippen LogP contribution in [0.1, 0.15) is 5.56 Å². The third kappa shape index (κ3) is 3.25. The highest BCUT2D eigenvalue weighted by molar-refractivity contribution is 7.14. The highest BCUT2D eigenvalue weighted by atomic mass is 32.1. The van der Waals surface area contributed by atoms with Gasteiger partial charge in [-0.2, -0.15) is 5.10 Å². The molecule has 0 amide bonds. The number of ether oxygens (including phenoxy) is 1. The lowest BCUT2D eigenvalue weighted by molar-refractivity contribution is 0.415. The number of hydrogen-bond acceptors (Lipinski definition) is 5. The number of anilines is 1. The molecular weight excluding hydrogens is 332 g/mol. The summed E-state index contributed by atoms with van der Waals surface area (Å²) in [5, 5.41) is 8.20. The van der Waals surface area contributed by atoms with Crippen molar-refractivity contribution >= 4 is 33.6 Å². The van der Waals surface area contributed by atoms with Crippen LogP contribution in [0.5, 0.6) is 5.75 Å². The molecule has 0 saturated carbocycles. The molecule has 4 rings (SSSR count). The molecule has 2 aromatic heterocycles. The second-order valence-electron chi connectivity index (χ2n) is 5.43. The van der Waals surface area contributed by atoms with E-state index in [-0.39, 0.29) is 0 Å².